The molecule has 0 saturated heterocycles. The van der Waals surface area contributed by atoms with Gasteiger partial charge in [0, 0.05) is 13.5 Å². The van der Waals surface area contributed by atoms with Crippen LogP contribution in [0, 0.1) is 6.92 Å². The Bertz CT molecular complexity index is 786. The molecule has 0 atom stereocenters. The van der Waals surface area contributed by atoms with E-state index in [1.165, 1.54) is 18.2 Å². The van der Waals surface area contributed by atoms with Crippen molar-refractivity contribution in [3.63, 3.8) is 0 Å². The fourth-order valence-electron chi connectivity index (χ4n) is 2.42. The first-order valence-corrected chi connectivity index (χ1v) is 7.95. The van der Waals surface area contributed by atoms with Gasteiger partial charge in [0.2, 0.25) is 11.8 Å². The summed E-state index contributed by atoms with van der Waals surface area (Å²) in [5.41, 5.74) is 0.639. The van der Waals surface area contributed by atoms with Gasteiger partial charge in [0.25, 0.3) is 0 Å². The van der Waals surface area contributed by atoms with Crippen molar-refractivity contribution in [2.24, 2.45) is 0 Å². The smallest absolute Gasteiger partial charge is 0.350 e. The van der Waals surface area contributed by atoms with E-state index in [1.54, 1.807) is 0 Å². The van der Waals surface area contributed by atoms with Gasteiger partial charge in [-0.1, -0.05) is 42.0 Å². The molecule has 0 spiro atoms. The van der Waals surface area contributed by atoms with Crippen LogP contribution in [0.1, 0.15) is 23.6 Å². The van der Waals surface area contributed by atoms with Crippen molar-refractivity contribution in [2.45, 2.75) is 26.6 Å². The second-order valence-electron chi connectivity index (χ2n) is 5.88. The summed E-state index contributed by atoms with van der Waals surface area (Å²) in [5, 5.41) is 2.62. The van der Waals surface area contributed by atoms with Crippen LogP contribution in [-0.2, 0) is 22.3 Å². The second kappa shape index (κ2) is 8.03. The van der Waals surface area contributed by atoms with Crippen molar-refractivity contribution < 1.29 is 22.8 Å². The van der Waals surface area contributed by atoms with Crippen LogP contribution >= 0.6 is 0 Å². The third kappa shape index (κ3) is 5.08. The maximum Gasteiger partial charge on any atom is 0.418 e. The lowest BCUT2D eigenvalue weighted by Gasteiger charge is -2.24. The number of carbonyl (C=O) groups is 2. The molecule has 7 heteroatoms. The van der Waals surface area contributed by atoms with Crippen LogP contribution in [0.5, 0.6) is 0 Å². The molecule has 0 saturated carbocycles. The van der Waals surface area contributed by atoms with Crippen molar-refractivity contribution in [2.75, 3.05) is 11.4 Å². The van der Waals surface area contributed by atoms with Crippen molar-refractivity contribution in [1.29, 1.82) is 0 Å². The molecule has 0 fully saturated rings. The third-order valence-electron chi connectivity index (χ3n) is 3.79. The molecule has 26 heavy (non-hydrogen) atoms. The number of alkyl halides is 3. The molecule has 0 aliphatic rings. The van der Waals surface area contributed by atoms with Crippen LogP contribution in [-0.4, -0.2) is 18.4 Å². The summed E-state index contributed by atoms with van der Waals surface area (Å²) >= 11 is 0. The van der Waals surface area contributed by atoms with Crippen LogP contribution in [0.2, 0.25) is 0 Å². The highest BCUT2D eigenvalue weighted by Gasteiger charge is 2.35. The predicted octanol–water partition coefficient (Wildman–Crippen LogP) is 3.68. The fraction of sp³-hybridized carbons (Fsp3) is 0.263. The summed E-state index contributed by atoms with van der Waals surface area (Å²) in [5.74, 6) is -1.19. The summed E-state index contributed by atoms with van der Waals surface area (Å²) < 4.78 is 39.5. The first kappa shape index (κ1) is 19.5. The van der Waals surface area contributed by atoms with Crippen molar-refractivity contribution in [3.8, 4) is 0 Å². The molecule has 2 aromatic rings. The van der Waals surface area contributed by atoms with Crippen LogP contribution in [0.4, 0.5) is 18.9 Å². The molecule has 4 nitrogen and oxygen atoms in total. The summed E-state index contributed by atoms with van der Waals surface area (Å²) in [7, 11) is 0. The molecule has 2 aromatic carbocycles. The first-order valence-electron chi connectivity index (χ1n) is 7.95. The molecule has 0 radical (unpaired) electrons. The van der Waals surface area contributed by atoms with Gasteiger partial charge in [-0.3, -0.25) is 9.59 Å². The molecular weight excluding hydrogens is 345 g/mol. The quantitative estimate of drug-likeness (QED) is 0.880. The molecule has 138 valence electrons. The zero-order valence-corrected chi connectivity index (χ0v) is 14.4. The number of anilines is 1. The Hall–Kier alpha value is -2.83. The SMILES string of the molecule is CC(=O)N(CC(=O)NCc1ccc(C)cc1)c1ccccc1C(F)(F)F. The summed E-state index contributed by atoms with van der Waals surface area (Å²) in [6.45, 7) is 2.80. The van der Waals surface area contributed by atoms with Gasteiger partial charge in [-0.15, -0.1) is 0 Å². The Balaban J connectivity index is 2.12. The number of hydrogen-bond acceptors (Lipinski definition) is 2. The van der Waals surface area contributed by atoms with Gasteiger partial charge in [-0.05, 0) is 24.6 Å². The van der Waals surface area contributed by atoms with E-state index in [4.69, 9.17) is 0 Å². The Morgan fingerprint density at radius 1 is 1.04 bits per heavy atom. The Morgan fingerprint density at radius 2 is 1.65 bits per heavy atom. The Morgan fingerprint density at radius 3 is 2.23 bits per heavy atom. The third-order valence-corrected chi connectivity index (χ3v) is 3.79. The van der Waals surface area contributed by atoms with Gasteiger partial charge in [0.15, 0.2) is 0 Å². The van der Waals surface area contributed by atoms with Crippen LogP contribution in [0.15, 0.2) is 48.5 Å². The number of nitrogens with one attached hydrogen (secondary N) is 1. The highest BCUT2D eigenvalue weighted by molar-refractivity contribution is 5.98. The number of carbonyl (C=O) groups excluding carboxylic acids is 2. The second-order valence-corrected chi connectivity index (χ2v) is 5.88. The van der Waals surface area contributed by atoms with E-state index in [2.05, 4.69) is 5.32 Å². The molecule has 2 rings (SSSR count). The first-order chi connectivity index (χ1) is 12.2. The molecule has 0 aromatic heterocycles. The molecular formula is C19H19F3N2O2. The Labute approximate surface area is 149 Å². The fourth-order valence-corrected chi connectivity index (χ4v) is 2.42. The van der Waals surface area contributed by atoms with Crippen LogP contribution in [0.3, 0.4) is 0 Å². The van der Waals surface area contributed by atoms with Crippen molar-refractivity contribution in [1.82, 2.24) is 5.32 Å². The normalized spacial score (nSPS) is 11.1. The molecule has 0 heterocycles. The van der Waals surface area contributed by atoms with E-state index < -0.39 is 30.1 Å². The minimum Gasteiger partial charge on any atom is -0.350 e. The molecule has 2 amide bonds. The molecule has 1 N–H and O–H groups in total. The number of halogens is 3. The maximum absolute atomic E-state index is 13.2. The van der Waals surface area contributed by atoms with Gasteiger partial charge >= 0.3 is 6.18 Å². The number of amides is 2. The molecule has 0 bridgehead atoms. The summed E-state index contributed by atoms with van der Waals surface area (Å²) in [6, 6.07) is 12.2. The number of aryl methyl sites for hydroxylation is 1. The summed E-state index contributed by atoms with van der Waals surface area (Å²) in [6.07, 6.45) is -4.62. The van der Waals surface area contributed by atoms with E-state index >= 15 is 0 Å². The van der Waals surface area contributed by atoms with Gasteiger partial charge in [-0.2, -0.15) is 13.2 Å². The standard InChI is InChI=1S/C19H19F3N2O2/c1-13-7-9-15(10-8-13)11-23-18(26)12-24(14(2)25)17-6-4-3-5-16(17)19(20,21)22/h3-10H,11-12H2,1-2H3,(H,23,26). The lowest BCUT2D eigenvalue weighted by molar-refractivity contribution is -0.137. The number of nitrogens with zero attached hydrogens (tertiary/aromatic N) is 1. The average Bonchev–Trinajstić information content (AvgIpc) is 2.58. The largest absolute Gasteiger partial charge is 0.418 e. The molecule has 0 unspecified atom stereocenters. The van der Waals surface area contributed by atoms with Gasteiger partial charge in [0.1, 0.15) is 6.54 Å². The minimum atomic E-state index is -4.62. The van der Waals surface area contributed by atoms with E-state index in [0.29, 0.717) is 0 Å². The van der Waals surface area contributed by atoms with Crippen LogP contribution in [0.25, 0.3) is 0 Å². The van der Waals surface area contributed by atoms with Gasteiger partial charge in [-0.25, -0.2) is 0 Å². The molecule has 0 aliphatic carbocycles. The van der Waals surface area contributed by atoms with Gasteiger partial charge in [0.05, 0.1) is 11.3 Å². The monoisotopic (exact) mass is 364 g/mol. The van der Waals surface area contributed by atoms with Crippen molar-refractivity contribution >= 4 is 17.5 Å². The topological polar surface area (TPSA) is 49.4 Å². The lowest BCUT2D eigenvalue weighted by atomic mass is 10.1. The lowest BCUT2D eigenvalue weighted by Crippen LogP contribution is -2.40. The van der Waals surface area contributed by atoms with Crippen molar-refractivity contribution in [3.05, 3.63) is 65.2 Å². The van der Waals surface area contributed by atoms with E-state index in [1.807, 2.05) is 31.2 Å². The zero-order chi connectivity index (χ0) is 19.3. The Kier molecular flexibility index (Phi) is 6.02. The zero-order valence-electron chi connectivity index (χ0n) is 14.4. The average molecular weight is 364 g/mol. The van der Waals surface area contributed by atoms with E-state index in [9.17, 15) is 22.8 Å². The summed E-state index contributed by atoms with van der Waals surface area (Å²) in [4.78, 5) is 24.8. The maximum atomic E-state index is 13.2. The van der Waals surface area contributed by atoms with E-state index in [0.717, 1.165) is 29.0 Å². The highest BCUT2D eigenvalue weighted by Crippen LogP contribution is 2.36. The molecule has 0 aliphatic heterocycles. The highest BCUT2D eigenvalue weighted by atomic mass is 19.4. The minimum absolute atomic E-state index is 0.228. The number of hydrogen-bond donors (Lipinski definition) is 1. The number of para-hydroxylation sites is 1. The van der Waals surface area contributed by atoms with Gasteiger partial charge < -0.3 is 10.2 Å². The number of benzene rings is 2. The predicted molar refractivity (Wildman–Crippen MR) is 92.5 cm³/mol. The van der Waals surface area contributed by atoms with E-state index in [-0.39, 0.29) is 12.2 Å². The van der Waals surface area contributed by atoms with Crippen LogP contribution < -0.4 is 10.2 Å². The number of rotatable bonds is 5.